The van der Waals surface area contributed by atoms with Crippen molar-refractivity contribution in [1.29, 1.82) is 0 Å². The van der Waals surface area contributed by atoms with E-state index < -0.39 is 5.97 Å². The van der Waals surface area contributed by atoms with Crippen LogP contribution in [0, 0.1) is 0 Å². The van der Waals surface area contributed by atoms with Gasteiger partial charge in [-0.3, -0.25) is 4.79 Å². The molecule has 130 valence electrons. The van der Waals surface area contributed by atoms with Gasteiger partial charge in [-0.25, -0.2) is 0 Å². The quantitative estimate of drug-likeness (QED) is 0.876. The van der Waals surface area contributed by atoms with E-state index >= 15 is 0 Å². The molecule has 2 aromatic rings. The Labute approximate surface area is 148 Å². The van der Waals surface area contributed by atoms with E-state index in [1.807, 2.05) is 12.1 Å². The summed E-state index contributed by atoms with van der Waals surface area (Å²) in [6.45, 7) is 0.808. The van der Waals surface area contributed by atoms with Crippen molar-refractivity contribution in [1.82, 2.24) is 0 Å². The lowest BCUT2D eigenvalue weighted by atomic mass is 9.98. The summed E-state index contributed by atoms with van der Waals surface area (Å²) >= 11 is 6.09. The highest BCUT2D eigenvalue weighted by molar-refractivity contribution is 6.30. The Balaban J connectivity index is 1.49. The lowest BCUT2D eigenvalue weighted by molar-refractivity contribution is -0.137. The number of ether oxygens (including phenoxy) is 4. The van der Waals surface area contributed by atoms with Crippen molar-refractivity contribution in [3.8, 4) is 23.0 Å². The molecule has 25 heavy (non-hydrogen) atoms. The van der Waals surface area contributed by atoms with E-state index in [2.05, 4.69) is 0 Å². The highest BCUT2D eigenvalue weighted by Gasteiger charge is 2.27. The number of hydrogen-bond acceptors (Lipinski definition) is 5. The maximum atomic E-state index is 10.9. The Morgan fingerprint density at radius 3 is 2.92 bits per heavy atom. The average Bonchev–Trinajstić information content (AvgIpc) is 3.19. The molecule has 0 saturated carbocycles. The summed E-state index contributed by atoms with van der Waals surface area (Å²) in [5.74, 6) is 1.59. The monoisotopic (exact) mass is 362 g/mol. The Morgan fingerprint density at radius 1 is 1.20 bits per heavy atom. The van der Waals surface area contributed by atoms with Gasteiger partial charge in [-0.2, -0.15) is 0 Å². The molecule has 0 fully saturated rings. The molecule has 0 amide bonds. The minimum atomic E-state index is -0.834. The molecule has 0 spiro atoms. The number of benzene rings is 2. The fourth-order valence-electron chi connectivity index (χ4n) is 3.04. The van der Waals surface area contributed by atoms with Crippen LogP contribution in [0.1, 0.15) is 23.5 Å². The molecule has 2 aliphatic rings. The van der Waals surface area contributed by atoms with Crippen LogP contribution in [0.2, 0.25) is 5.02 Å². The highest BCUT2D eigenvalue weighted by Crippen LogP contribution is 2.40. The van der Waals surface area contributed by atoms with Gasteiger partial charge in [-0.1, -0.05) is 17.7 Å². The standard InChI is InChI=1S/C18H15ClO6/c19-12-3-11(18-16(5-12)24-9-25-18)8-22-13-1-2-14-10(4-17(20)21)7-23-15(14)6-13/h1-3,5-6,10H,4,7-9H2,(H,20,21)/t10-/m1/s1. The van der Waals surface area contributed by atoms with Crippen molar-refractivity contribution < 1.29 is 28.8 Å². The van der Waals surface area contributed by atoms with Gasteiger partial charge in [-0.15, -0.1) is 0 Å². The molecule has 0 unspecified atom stereocenters. The first-order chi connectivity index (χ1) is 12.1. The lowest BCUT2D eigenvalue weighted by Gasteiger charge is -2.11. The third-order valence-electron chi connectivity index (χ3n) is 4.19. The molecule has 0 bridgehead atoms. The molecule has 1 N–H and O–H groups in total. The molecule has 4 rings (SSSR count). The van der Waals surface area contributed by atoms with E-state index in [1.165, 1.54) is 0 Å². The fraction of sp³-hybridized carbons (Fsp3) is 0.278. The number of aliphatic carboxylic acids is 1. The molecule has 0 aromatic heterocycles. The number of fused-ring (bicyclic) bond motifs is 2. The van der Waals surface area contributed by atoms with E-state index in [4.69, 9.17) is 35.7 Å². The summed E-state index contributed by atoms with van der Waals surface area (Å²) in [6, 6.07) is 8.93. The topological polar surface area (TPSA) is 74.2 Å². The van der Waals surface area contributed by atoms with Gasteiger partial charge in [0.25, 0.3) is 0 Å². The summed E-state index contributed by atoms with van der Waals surface area (Å²) in [7, 11) is 0. The van der Waals surface area contributed by atoms with Gasteiger partial charge in [0, 0.05) is 34.2 Å². The zero-order chi connectivity index (χ0) is 17.4. The number of rotatable bonds is 5. The Morgan fingerprint density at radius 2 is 2.08 bits per heavy atom. The van der Waals surface area contributed by atoms with E-state index in [-0.39, 0.29) is 25.7 Å². The second-order valence-corrected chi connectivity index (χ2v) is 6.33. The van der Waals surface area contributed by atoms with Gasteiger partial charge in [0.2, 0.25) is 6.79 Å². The molecule has 2 aromatic carbocycles. The Kier molecular flexibility index (Phi) is 4.05. The van der Waals surface area contributed by atoms with Crippen molar-refractivity contribution in [3.05, 3.63) is 46.5 Å². The highest BCUT2D eigenvalue weighted by atomic mass is 35.5. The van der Waals surface area contributed by atoms with Crippen LogP contribution in [0.3, 0.4) is 0 Å². The predicted molar refractivity (Wildman–Crippen MR) is 88.8 cm³/mol. The van der Waals surface area contributed by atoms with E-state index in [1.54, 1.807) is 18.2 Å². The molecular weight excluding hydrogens is 348 g/mol. The third-order valence-corrected chi connectivity index (χ3v) is 4.41. The Bertz CT molecular complexity index is 835. The van der Waals surface area contributed by atoms with E-state index in [0.29, 0.717) is 34.6 Å². The van der Waals surface area contributed by atoms with Gasteiger partial charge in [0.05, 0.1) is 13.0 Å². The summed E-state index contributed by atoms with van der Waals surface area (Å²) in [4.78, 5) is 10.9. The van der Waals surface area contributed by atoms with E-state index in [0.717, 1.165) is 11.1 Å². The van der Waals surface area contributed by atoms with Crippen LogP contribution >= 0.6 is 11.6 Å². The van der Waals surface area contributed by atoms with Crippen LogP contribution in [-0.2, 0) is 11.4 Å². The largest absolute Gasteiger partial charge is 0.492 e. The fourth-order valence-corrected chi connectivity index (χ4v) is 3.27. The number of halogens is 1. The van der Waals surface area contributed by atoms with Crippen LogP contribution in [-0.4, -0.2) is 24.5 Å². The zero-order valence-electron chi connectivity index (χ0n) is 13.2. The second-order valence-electron chi connectivity index (χ2n) is 5.89. The normalized spacial score (nSPS) is 17.1. The minimum absolute atomic E-state index is 0.0548. The van der Waals surface area contributed by atoms with Gasteiger partial charge in [0.15, 0.2) is 11.5 Å². The number of carbonyl (C=O) groups is 1. The molecular formula is C18H15ClO6. The molecule has 0 radical (unpaired) electrons. The first-order valence-corrected chi connectivity index (χ1v) is 8.17. The van der Waals surface area contributed by atoms with Crippen molar-refractivity contribution in [2.75, 3.05) is 13.4 Å². The summed E-state index contributed by atoms with van der Waals surface area (Å²) in [5, 5.41) is 9.50. The SMILES string of the molecule is O=C(O)C[C@@H]1COc2cc(OCc3cc(Cl)cc4c3OCO4)ccc21. The van der Waals surface area contributed by atoms with Crippen molar-refractivity contribution >= 4 is 17.6 Å². The second kappa shape index (κ2) is 6.37. The summed E-state index contributed by atoms with van der Waals surface area (Å²) in [5.41, 5.74) is 1.69. The van der Waals surface area contributed by atoms with Crippen molar-refractivity contribution in [2.24, 2.45) is 0 Å². The smallest absolute Gasteiger partial charge is 0.304 e. The molecule has 0 aliphatic carbocycles. The number of hydrogen-bond donors (Lipinski definition) is 1. The molecule has 2 heterocycles. The molecule has 6 nitrogen and oxygen atoms in total. The third kappa shape index (κ3) is 3.17. The lowest BCUT2D eigenvalue weighted by Crippen LogP contribution is -2.07. The van der Waals surface area contributed by atoms with E-state index in [9.17, 15) is 4.79 Å². The zero-order valence-corrected chi connectivity index (χ0v) is 13.9. The number of carboxylic acids is 1. The first kappa shape index (κ1) is 15.9. The number of carboxylic acid groups (broad SMARTS) is 1. The average molecular weight is 363 g/mol. The van der Waals surface area contributed by atoms with Gasteiger partial charge in [-0.05, 0) is 12.1 Å². The molecule has 1 atom stereocenters. The van der Waals surface area contributed by atoms with Crippen LogP contribution in [0.15, 0.2) is 30.3 Å². The Hall–Kier alpha value is -2.60. The summed E-state index contributed by atoms with van der Waals surface area (Å²) in [6.07, 6.45) is 0.0548. The van der Waals surface area contributed by atoms with Gasteiger partial charge in [0.1, 0.15) is 18.1 Å². The van der Waals surface area contributed by atoms with Crippen LogP contribution in [0.4, 0.5) is 0 Å². The van der Waals surface area contributed by atoms with Gasteiger partial charge < -0.3 is 24.1 Å². The first-order valence-electron chi connectivity index (χ1n) is 7.79. The maximum Gasteiger partial charge on any atom is 0.304 e. The minimum Gasteiger partial charge on any atom is -0.492 e. The van der Waals surface area contributed by atoms with Crippen molar-refractivity contribution in [3.63, 3.8) is 0 Å². The van der Waals surface area contributed by atoms with Crippen LogP contribution < -0.4 is 18.9 Å². The van der Waals surface area contributed by atoms with Gasteiger partial charge >= 0.3 is 5.97 Å². The summed E-state index contributed by atoms with van der Waals surface area (Å²) < 4.78 is 22.2. The maximum absolute atomic E-state index is 10.9. The predicted octanol–water partition coefficient (Wildman–Crippen LogP) is 3.60. The van der Waals surface area contributed by atoms with Crippen LogP contribution in [0.5, 0.6) is 23.0 Å². The van der Waals surface area contributed by atoms with Crippen LogP contribution in [0.25, 0.3) is 0 Å². The van der Waals surface area contributed by atoms with Crippen molar-refractivity contribution in [2.45, 2.75) is 18.9 Å². The molecule has 7 heteroatoms. The molecule has 2 aliphatic heterocycles. The molecule has 0 saturated heterocycles.